The van der Waals surface area contributed by atoms with Crippen LogP contribution in [0.5, 0.6) is 28.7 Å². The molecule has 1 aliphatic carbocycles. The van der Waals surface area contributed by atoms with E-state index in [4.69, 9.17) is 56.8 Å². The maximum absolute atomic E-state index is 13.5. The van der Waals surface area contributed by atoms with Crippen LogP contribution >= 0.6 is 0 Å². The molecule has 1 fully saturated rings. The molecular weight excluding hydrogens is 1030 g/mol. The Balaban J connectivity index is 1.15. The SMILES string of the molecule is C=CC(=O)OCCCCOCc1ccc(C(=O)Oc2ccc(OC(=O)C3CCC(C(=O)Oc4ccc(OC(=O)c5ccc(OCCCCOC(=O)C=C)cc5)c(C(=O)OCCOCC)c4)CC3)cc2C(=O)OCCOCC)cc1. The Bertz CT molecular complexity index is 2690. The van der Waals surface area contributed by atoms with Gasteiger partial charge in [0.05, 0.1) is 62.6 Å². The van der Waals surface area contributed by atoms with E-state index < -0.39 is 59.6 Å². The summed E-state index contributed by atoms with van der Waals surface area (Å²) in [7, 11) is 0. The summed E-state index contributed by atoms with van der Waals surface area (Å²) in [4.78, 5) is 103. The van der Waals surface area contributed by atoms with Gasteiger partial charge in [0.15, 0.2) is 0 Å². The van der Waals surface area contributed by atoms with Crippen LogP contribution in [-0.4, -0.2) is 114 Å². The van der Waals surface area contributed by atoms with Crippen molar-refractivity contribution in [1.82, 2.24) is 0 Å². The van der Waals surface area contributed by atoms with Crippen LogP contribution in [0.4, 0.5) is 0 Å². The van der Waals surface area contributed by atoms with Crippen molar-refractivity contribution in [1.29, 1.82) is 0 Å². The van der Waals surface area contributed by atoms with Crippen LogP contribution in [0.15, 0.2) is 110 Å². The van der Waals surface area contributed by atoms with Gasteiger partial charge >= 0.3 is 47.8 Å². The van der Waals surface area contributed by atoms with E-state index in [-0.39, 0.29) is 117 Å². The molecule has 1 aliphatic rings. The summed E-state index contributed by atoms with van der Waals surface area (Å²) in [5, 5.41) is 0. The van der Waals surface area contributed by atoms with Gasteiger partial charge in [-0.05, 0) is 144 Å². The van der Waals surface area contributed by atoms with Gasteiger partial charge in [-0.3, -0.25) is 9.59 Å². The molecule has 0 N–H and O–H groups in total. The van der Waals surface area contributed by atoms with Gasteiger partial charge in [-0.1, -0.05) is 25.3 Å². The maximum Gasteiger partial charge on any atom is 0.343 e. The van der Waals surface area contributed by atoms with Crippen molar-refractivity contribution in [3.8, 4) is 28.7 Å². The van der Waals surface area contributed by atoms with Gasteiger partial charge < -0.3 is 56.8 Å². The highest BCUT2D eigenvalue weighted by Crippen LogP contribution is 2.34. The number of benzene rings is 4. The molecule has 0 aliphatic heterocycles. The minimum atomic E-state index is -0.857. The molecule has 0 heterocycles. The molecule has 0 radical (unpaired) electrons. The highest BCUT2D eigenvalue weighted by atomic mass is 16.6. The van der Waals surface area contributed by atoms with E-state index in [0.29, 0.717) is 57.9 Å². The van der Waals surface area contributed by atoms with Crippen molar-refractivity contribution in [2.75, 3.05) is 66.1 Å². The van der Waals surface area contributed by atoms with Gasteiger partial charge in [-0.2, -0.15) is 0 Å². The number of ether oxygens (including phenoxy) is 12. The highest BCUT2D eigenvalue weighted by molar-refractivity contribution is 5.98. The normalized spacial score (nSPS) is 13.6. The first-order chi connectivity index (χ1) is 38.3. The molecule has 0 aromatic heterocycles. The molecule has 0 amide bonds. The van der Waals surface area contributed by atoms with Crippen molar-refractivity contribution in [3.05, 3.63) is 138 Å². The lowest BCUT2D eigenvalue weighted by Crippen LogP contribution is -2.30. The highest BCUT2D eigenvalue weighted by Gasteiger charge is 2.33. The number of carbonyl (C=O) groups is 8. The van der Waals surface area contributed by atoms with E-state index >= 15 is 0 Å². The molecule has 4 aromatic rings. The zero-order chi connectivity index (χ0) is 56.8. The van der Waals surface area contributed by atoms with Crippen molar-refractivity contribution < 1.29 is 95.2 Å². The van der Waals surface area contributed by atoms with Gasteiger partial charge in [0.25, 0.3) is 0 Å². The summed E-state index contributed by atoms with van der Waals surface area (Å²) in [6.07, 6.45) is 5.74. The number of hydrogen-bond acceptors (Lipinski definition) is 20. The van der Waals surface area contributed by atoms with E-state index in [1.54, 1.807) is 50.2 Å². The Morgan fingerprint density at radius 3 is 1.30 bits per heavy atom. The number of rotatable bonds is 33. The van der Waals surface area contributed by atoms with E-state index in [0.717, 1.165) is 17.7 Å². The van der Waals surface area contributed by atoms with E-state index in [1.807, 2.05) is 0 Å². The van der Waals surface area contributed by atoms with Gasteiger partial charge in [0.1, 0.15) is 53.1 Å². The summed E-state index contributed by atoms with van der Waals surface area (Å²) >= 11 is 0. The molecule has 0 spiro atoms. The van der Waals surface area contributed by atoms with Crippen LogP contribution in [-0.2, 0) is 58.9 Å². The van der Waals surface area contributed by atoms with Gasteiger partial charge in [0.2, 0.25) is 0 Å². The third-order valence-corrected chi connectivity index (χ3v) is 11.8. The fourth-order valence-corrected chi connectivity index (χ4v) is 7.53. The molecule has 20 nitrogen and oxygen atoms in total. The molecule has 422 valence electrons. The van der Waals surface area contributed by atoms with Crippen LogP contribution in [0.1, 0.15) is 112 Å². The monoisotopic (exact) mass is 1090 g/mol. The molecule has 4 aromatic carbocycles. The Morgan fingerprint density at radius 2 is 0.861 bits per heavy atom. The first kappa shape index (κ1) is 61.7. The van der Waals surface area contributed by atoms with Crippen LogP contribution in [0.2, 0.25) is 0 Å². The lowest BCUT2D eigenvalue weighted by atomic mass is 9.82. The van der Waals surface area contributed by atoms with Crippen LogP contribution in [0.3, 0.4) is 0 Å². The molecular formula is C59H66O20. The summed E-state index contributed by atoms with van der Waals surface area (Å²) in [5.74, 6) is -6.50. The topological polar surface area (TPSA) is 247 Å². The summed E-state index contributed by atoms with van der Waals surface area (Å²) < 4.78 is 65.3. The van der Waals surface area contributed by atoms with Crippen LogP contribution in [0.25, 0.3) is 0 Å². The molecule has 20 heteroatoms. The largest absolute Gasteiger partial charge is 0.494 e. The number of unbranched alkanes of at least 4 members (excludes halogenated alkanes) is 2. The Morgan fingerprint density at radius 1 is 0.443 bits per heavy atom. The lowest BCUT2D eigenvalue weighted by molar-refractivity contribution is -0.145. The van der Waals surface area contributed by atoms with Crippen molar-refractivity contribution in [2.24, 2.45) is 11.8 Å². The minimum Gasteiger partial charge on any atom is -0.494 e. The summed E-state index contributed by atoms with van der Waals surface area (Å²) in [6, 6.07) is 20.6. The first-order valence-electron chi connectivity index (χ1n) is 26.0. The number of hydrogen-bond donors (Lipinski definition) is 0. The van der Waals surface area contributed by atoms with E-state index in [9.17, 15) is 38.4 Å². The van der Waals surface area contributed by atoms with Crippen molar-refractivity contribution in [2.45, 2.75) is 71.8 Å². The van der Waals surface area contributed by atoms with E-state index in [2.05, 4.69) is 13.2 Å². The second-order valence-corrected chi connectivity index (χ2v) is 17.4. The zero-order valence-corrected chi connectivity index (χ0v) is 44.4. The number of carbonyl (C=O) groups excluding carboxylic acids is 8. The molecule has 1 saturated carbocycles. The van der Waals surface area contributed by atoms with Crippen LogP contribution in [0, 0.1) is 11.8 Å². The Labute approximate surface area is 458 Å². The fourth-order valence-electron chi connectivity index (χ4n) is 7.53. The standard InChI is InChI=1S/C59H66O20/c1-5-52(60)72-31-10-9-29-70-39-40-13-15-41(16-14-40)56(64)78-50-27-25-46(37-48(50)58(66)74-35-33-68-7-3)76-54(62)42-17-19-43(20-18-42)55(63)77-47-26-28-51(49(38-47)59(67)75-36-34-69-8-4)79-57(65)44-21-23-45(24-22-44)71-30-11-12-32-73-53(61)6-2/h5-6,13-16,21-28,37-38,42-43H,1-2,7-12,17-20,29-36,39H2,3-4H3. The van der Waals surface area contributed by atoms with Crippen LogP contribution < -0.4 is 23.7 Å². The predicted octanol–water partition coefficient (Wildman–Crippen LogP) is 8.74. The third kappa shape index (κ3) is 21.3. The van der Waals surface area contributed by atoms with Crippen molar-refractivity contribution >= 4 is 47.8 Å². The fraction of sp³-hybridized carbons (Fsp3) is 0.390. The molecule has 0 saturated heterocycles. The molecule has 5 rings (SSSR count). The summed E-state index contributed by atoms with van der Waals surface area (Å²) in [5.41, 5.74) is 0.786. The molecule has 0 bridgehead atoms. The Hall–Kier alpha value is -8.20. The minimum absolute atomic E-state index is 0.00980. The predicted molar refractivity (Wildman–Crippen MR) is 282 cm³/mol. The molecule has 79 heavy (non-hydrogen) atoms. The second kappa shape index (κ2) is 33.8. The maximum atomic E-state index is 13.5. The smallest absolute Gasteiger partial charge is 0.343 e. The van der Waals surface area contributed by atoms with Gasteiger partial charge in [-0.25, -0.2) is 28.8 Å². The summed E-state index contributed by atoms with van der Waals surface area (Å²) in [6.45, 7) is 12.7. The average molecular weight is 1100 g/mol. The third-order valence-electron chi connectivity index (χ3n) is 11.8. The van der Waals surface area contributed by atoms with Gasteiger partial charge in [0, 0.05) is 32.0 Å². The second-order valence-electron chi connectivity index (χ2n) is 17.4. The van der Waals surface area contributed by atoms with Gasteiger partial charge in [-0.15, -0.1) is 0 Å². The molecule has 0 unspecified atom stereocenters. The zero-order valence-electron chi connectivity index (χ0n) is 44.4. The first-order valence-corrected chi connectivity index (χ1v) is 26.0. The average Bonchev–Trinajstić information content (AvgIpc) is 3.47. The van der Waals surface area contributed by atoms with E-state index in [1.165, 1.54) is 48.5 Å². The number of esters is 8. The Kier molecular flexibility index (Phi) is 26.4. The quantitative estimate of drug-likeness (QED) is 0.0142. The molecule has 0 atom stereocenters. The lowest BCUT2D eigenvalue weighted by Gasteiger charge is -2.26. The van der Waals surface area contributed by atoms with Crippen molar-refractivity contribution in [3.63, 3.8) is 0 Å².